The molecule has 0 spiro atoms. The van der Waals surface area contributed by atoms with Crippen LogP contribution >= 0.6 is 0 Å². The van der Waals surface area contributed by atoms with Crippen molar-refractivity contribution in [1.82, 2.24) is 4.90 Å². The largest absolute Gasteiger partial charge is 0.444 e. The number of benzene rings is 2. The Hall–Kier alpha value is -2.89. The molecule has 0 aromatic heterocycles. The summed E-state index contributed by atoms with van der Waals surface area (Å²) >= 11 is 0. The summed E-state index contributed by atoms with van der Waals surface area (Å²) in [5.41, 5.74) is 1.57. The lowest BCUT2D eigenvalue weighted by Gasteiger charge is -2.24. The van der Waals surface area contributed by atoms with Crippen molar-refractivity contribution >= 4 is 17.7 Å². The van der Waals surface area contributed by atoms with Crippen LogP contribution in [-0.2, 0) is 16.1 Å². The number of rotatable bonds is 5. The minimum absolute atomic E-state index is 0.0716. The number of hydrogen-bond acceptors (Lipinski definition) is 3. The van der Waals surface area contributed by atoms with Crippen LogP contribution in [0, 0.1) is 11.7 Å². The molecule has 5 nitrogen and oxygen atoms in total. The molecular formula is C23H27FN2O3. The van der Waals surface area contributed by atoms with Gasteiger partial charge in [0, 0.05) is 25.2 Å². The van der Waals surface area contributed by atoms with Gasteiger partial charge in [-0.25, -0.2) is 9.18 Å². The zero-order chi connectivity index (χ0) is 21.2. The number of carbonyl (C=O) groups excluding carboxylic acids is 2. The van der Waals surface area contributed by atoms with Gasteiger partial charge in [-0.05, 0) is 62.4 Å². The first kappa shape index (κ1) is 20.8. The molecule has 1 aliphatic carbocycles. The number of hydrogen-bond donors (Lipinski definition) is 1. The first-order valence-corrected chi connectivity index (χ1v) is 9.72. The maximum Gasteiger partial charge on any atom is 0.410 e. The quantitative estimate of drug-likeness (QED) is 0.776. The van der Waals surface area contributed by atoms with E-state index in [0.717, 1.165) is 5.56 Å². The van der Waals surface area contributed by atoms with E-state index in [2.05, 4.69) is 5.32 Å². The van der Waals surface area contributed by atoms with Crippen LogP contribution in [0.1, 0.15) is 44.2 Å². The first-order chi connectivity index (χ1) is 13.6. The minimum atomic E-state index is -0.555. The van der Waals surface area contributed by atoms with Gasteiger partial charge < -0.3 is 15.0 Å². The molecule has 0 radical (unpaired) electrons. The highest BCUT2D eigenvalue weighted by atomic mass is 19.1. The molecule has 0 heterocycles. The van der Waals surface area contributed by atoms with E-state index in [1.54, 1.807) is 31.3 Å². The lowest BCUT2D eigenvalue weighted by Crippen LogP contribution is -2.33. The third-order valence-electron chi connectivity index (χ3n) is 4.75. The number of nitrogens with zero attached hydrogens (tertiary/aromatic N) is 1. The van der Waals surface area contributed by atoms with Crippen molar-refractivity contribution in [3.05, 3.63) is 65.5 Å². The number of halogens is 1. The molecule has 1 fully saturated rings. The van der Waals surface area contributed by atoms with Crippen molar-refractivity contribution in [3.63, 3.8) is 0 Å². The van der Waals surface area contributed by atoms with Crippen LogP contribution in [0.15, 0.2) is 48.5 Å². The molecule has 0 saturated heterocycles. The molecule has 0 aliphatic heterocycles. The Morgan fingerprint density at radius 1 is 1.17 bits per heavy atom. The highest BCUT2D eigenvalue weighted by Gasteiger charge is 2.45. The van der Waals surface area contributed by atoms with Gasteiger partial charge in [0.1, 0.15) is 11.4 Å². The van der Waals surface area contributed by atoms with E-state index < -0.39 is 11.7 Å². The topological polar surface area (TPSA) is 58.6 Å². The van der Waals surface area contributed by atoms with E-state index in [4.69, 9.17) is 4.74 Å². The van der Waals surface area contributed by atoms with Crippen molar-refractivity contribution in [3.8, 4) is 0 Å². The molecule has 0 bridgehead atoms. The molecule has 3 rings (SSSR count). The van der Waals surface area contributed by atoms with Crippen LogP contribution in [0.25, 0.3) is 0 Å². The van der Waals surface area contributed by atoms with Gasteiger partial charge in [-0.1, -0.05) is 30.3 Å². The van der Waals surface area contributed by atoms with E-state index >= 15 is 0 Å². The second kappa shape index (κ2) is 8.23. The molecule has 1 aliphatic rings. The molecular weight excluding hydrogens is 371 g/mol. The number of anilines is 1. The average Bonchev–Trinajstić information content (AvgIpc) is 3.41. The van der Waals surface area contributed by atoms with Crippen LogP contribution in [0.3, 0.4) is 0 Å². The van der Waals surface area contributed by atoms with Gasteiger partial charge in [-0.15, -0.1) is 0 Å². The van der Waals surface area contributed by atoms with Crippen molar-refractivity contribution in [2.75, 3.05) is 12.4 Å². The molecule has 2 aromatic rings. The van der Waals surface area contributed by atoms with E-state index in [9.17, 15) is 14.0 Å². The second-order valence-corrected chi connectivity index (χ2v) is 8.50. The fraction of sp³-hybridized carbons (Fsp3) is 0.391. The highest BCUT2D eigenvalue weighted by molar-refractivity contribution is 5.95. The summed E-state index contributed by atoms with van der Waals surface area (Å²) < 4.78 is 19.3. The maximum atomic E-state index is 13.9. The third kappa shape index (κ3) is 5.56. The highest BCUT2D eigenvalue weighted by Crippen LogP contribution is 2.48. The Kier molecular flexibility index (Phi) is 5.91. The monoisotopic (exact) mass is 398 g/mol. The van der Waals surface area contributed by atoms with Crippen LogP contribution in [-0.4, -0.2) is 29.5 Å². The molecule has 1 saturated carbocycles. The summed E-state index contributed by atoms with van der Waals surface area (Å²) in [6.07, 6.45) is 0.242. The van der Waals surface area contributed by atoms with E-state index in [0.29, 0.717) is 24.2 Å². The summed E-state index contributed by atoms with van der Waals surface area (Å²) in [7, 11) is 1.67. The van der Waals surface area contributed by atoms with E-state index in [1.807, 2.05) is 39.0 Å². The second-order valence-electron chi connectivity index (χ2n) is 8.50. The molecule has 2 aromatic carbocycles. The fourth-order valence-electron chi connectivity index (χ4n) is 3.26. The van der Waals surface area contributed by atoms with Crippen molar-refractivity contribution < 1.29 is 18.7 Å². The smallest absolute Gasteiger partial charge is 0.410 e. The number of nitrogens with one attached hydrogen (secondary N) is 1. The van der Waals surface area contributed by atoms with Crippen molar-refractivity contribution in [2.24, 2.45) is 5.92 Å². The van der Waals surface area contributed by atoms with Crippen molar-refractivity contribution in [2.45, 2.75) is 45.3 Å². The summed E-state index contributed by atoms with van der Waals surface area (Å²) in [6, 6.07) is 13.9. The number of carbonyl (C=O) groups is 2. The summed E-state index contributed by atoms with van der Waals surface area (Å²) in [5, 5.41) is 2.91. The predicted molar refractivity (Wildman–Crippen MR) is 110 cm³/mol. The lowest BCUT2D eigenvalue weighted by molar-refractivity contribution is -0.117. The lowest BCUT2D eigenvalue weighted by atomic mass is 10.1. The Balaban J connectivity index is 1.58. The van der Waals surface area contributed by atoms with Gasteiger partial charge in [-0.2, -0.15) is 0 Å². The number of ether oxygens (including phenoxy) is 1. The summed E-state index contributed by atoms with van der Waals surface area (Å²) in [5.74, 6) is -0.673. The Labute approximate surface area is 170 Å². The van der Waals surface area contributed by atoms with Crippen LogP contribution in [0.2, 0.25) is 0 Å². The maximum absolute atomic E-state index is 13.9. The predicted octanol–water partition coefficient (Wildman–Crippen LogP) is 4.93. The molecule has 6 heteroatoms. The molecule has 154 valence electrons. The zero-order valence-corrected chi connectivity index (χ0v) is 17.2. The van der Waals surface area contributed by atoms with Crippen molar-refractivity contribution in [1.29, 1.82) is 0 Å². The van der Waals surface area contributed by atoms with E-state index in [-0.39, 0.29) is 23.6 Å². The third-order valence-corrected chi connectivity index (χ3v) is 4.75. The Bertz CT molecular complexity index is 907. The Morgan fingerprint density at radius 3 is 2.59 bits per heavy atom. The molecule has 1 N–H and O–H groups in total. The minimum Gasteiger partial charge on any atom is -0.444 e. The van der Waals surface area contributed by atoms with Gasteiger partial charge in [0.2, 0.25) is 5.91 Å². The van der Waals surface area contributed by atoms with Gasteiger partial charge in [0.25, 0.3) is 0 Å². The summed E-state index contributed by atoms with van der Waals surface area (Å²) in [4.78, 5) is 26.2. The van der Waals surface area contributed by atoms with E-state index in [1.165, 1.54) is 11.0 Å². The van der Waals surface area contributed by atoms with Crippen LogP contribution < -0.4 is 5.32 Å². The van der Waals surface area contributed by atoms with Gasteiger partial charge in [-0.3, -0.25) is 4.79 Å². The standard InChI is InChI=1S/C23H27FN2O3/c1-23(2,3)29-22(28)26(4)14-15-8-7-9-16(12-15)25-21(27)19-13-18(19)17-10-5-6-11-20(17)24/h5-12,18-19H,13-14H2,1-4H3,(H,25,27). The molecule has 29 heavy (non-hydrogen) atoms. The fourth-order valence-corrected chi connectivity index (χ4v) is 3.26. The number of amides is 2. The normalized spacial score (nSPS) is 18.1. The van der Waals surface area contributed by atoms with Crippen LogP contribution in [0.4, 0.5) is 14.9 Å². The van der Waals surface area contributed by atoms with Crippen LogP contribution in [0.5, 0.6) is 0 Å². The molecule has 2 unspecified atom stereocenters. The zero-order valence-electron chi connectivity index (χ0n) is 17.2. The SMILES string of the molecule is CN(Cc1cccc(NC(=O)C2CC2c2ccccc2F)c1)C(=O)OC(C)(C)C. The average molecular weight is 398 g/mol. The molecule has 2 atom stereocenters. The Morgan fingerprint density at radius 2 is 1.90 bits per heavy atom. The first-order valence-electron chi connectivity index (χ1n) is 9.72. The van der Waals surface area contributed by atoms with Gasteiger partial charge in [0.15, 0.2) is 0 Å². The molecule has 2 amide bonds. The summed E-state index contributed by atoms with van der Waals surface area (Å²) in [6.45, 7) is 5.82. The van der Waals surface area contributed by atoms with Gasteiger partial charge in [0.05, 0.1) is 0 Å². The van der Waals surface area contributed by atoms with Gasteiger partial charge >= 0.3 is 6.09 Å².